The zero-order valence-electron chi connectivity index (χ0n) is 18.3. The molecule has 2 aliphatic rings. The van der Waals surface area contributed by atoms with Crippen molar-refractivity contribution < 1.29 is 4.74 Å². The fourth-order valence-electron chi connectivity index (χ4n) is 4.77. The van der Waals surface area contributed by atoms with Gasteiger partial charge in [-0.15, -0.1) is 24.0 Å². The van der Waals surface area contributed by atoms with Gasteiger partial charge in [0.25, 0.3) is 0 Å². The first kappa shape index (κ1) is 22.9. The van der Waals surface area contributed by atoms with Gasteiger partial charge in [-0.1, -0.05) is 18.2 Å². The highest BCUT2D eigenvalue weighted by Crippen LogP contribution is 2.46. The van der Waals surface area contributed by atoms with E-state index in [-0.39, 0.29) is 35.6 Å². The monoisotopic (exact) mass is 523 g/mol. The fraction of sp³-hybridized carbons (Fsp3) is 0.565. The van der Waals surface area contributed by atoms with Crippen LogP contribution >= 0.6 is 24.0 Å². The molecule has 1 spiro atoms. The smallest absolute Gasteiger partial charge is 0.191 e. The number of guanidine groups is 1. The van der Waals surface area contributed by atoms with Crippen molar-refractivity contribution in [3.63, 3.8) is 0 Å². The molecule has 2 heterocycles. The van der Waals surface area contributed by atoms with Gasteiger partial charge in [0.1, 0.15) is 11.4 Å². The first-order valence-corrected chi connectivity index (χ1v) is 10.8. The molecule has 1 aromatic heterocycles. The van der Waals surface area contributed by atoms with Crippen molar-refractivity contribution in [3.05, 3.63) is 47.3 Å². The standard InChI is InChI=1S/C23H33N5O.HI/c1-17-15-18(2)28(27-17)14-8-13-25-22(24-3)26-20-16-23(11-6-7-12-23)29-21-10-5-4-9-19(20)21;/h4-5,9-10,15,20H,6-8,11-14,16H2,1-3H3,(H2,24,25,26);1H. The molecule has 0 bridgehead atoms. The Bertz CT molecular complexity index is 872. The van der Waals surface area contributed by atoms with E-state index in [0.717, 1.165) is 56.2 Å². The van der Waals surface area contributed by atoms with E-state index in [2.05, 4.69) is 62.7 Å². The van der Waals surface area contributed by atoms with E-state index in [9.17, 15) is 0 Å². The van der Waals surface area contributed by atoms with Crippen LogP contribution in [0.15, 0.2) is 35.3 Å². The van der Waals surface area contributed by atoms with E-state index in [1.165, 1.54) is 24.1 Å². The molecule has 1 saturated carbocycles. The van der Waals surface area contributed by atoms with E-state index in [1.807, 2.05) is 14.0 Å². The van der Waals surface area contributed by atoms with Crippen LogP contribution in [-0.4, -0.2) is 34.9 Å². The number of aliphatic imine (C=N–C) groups is 1. The topological polar surface area (TPSA) is 63.5 Å². The molecule has 1 fully saturated rings. The van der Waals surface area contributed by atoms with Crippen molar-refractivity contribution in [2.24, 2.45) is 4.99 Å². The van der Waals surface area contributed by atoms with Crippen LogP contribution in [0.1, 0.15) is 61.5 Å². The summed E-state index contributed by atoms with van der Waals surface area (Å²) in [5.74, 6) is 1.88. The number of hydrogen-bond donors (Lipinski definition) is 2. The van der Waals surface area contributed by atoms with Crippen LogP contribution in [-0.2, 0) is 6.54 Å². The number of rotatable bonds is 5. The third kappa shape index (κ3) is 5.10. The summed E-state index contributed by atoms with van der Waals surface area (Å²) < 4.78 is 8.55. The molecule has 30 heavy (non-hydrogen) atoms. The van der Waals surface area contributed by atoms with E-state index in [4.69, 9.17) is 4.74 Å². The molecular formula is C23H34IN5O. The lowest BCUT2D eigenvalue weighted by molar-refractivity contribution is 0.0396. The molecule has 2 aromatic rings. The van der Waals surface area contributed by atoms with Crippen LogP contribution in [0.25, 0.3) is 0 Å². The molecule has 6 nitrogen and oxygen atoms in total. The Balaban J connectivity index is 0.00000256. The third-order valence-corrected chi connectivity index (χ3v) is 6.19. The molecule has 0 amide bonds. The highest BCUT2D eigenvalue weighted by atomic mass is 127. The quantitative estimate of drug-likeness (QED) is 0.262. The van der Waals surface area contributed by atoms with Gasteiger partial charge in [0, 0.05) is 37.8 Å². The number of fused-ring (bicyclic) bond motifs is 1. The van der Waals surface area contributed by atoms with E-state index < -0.39 is 0 Å². The lowest BCUT2D eigenvalue weighted by atomic mass is 9.86. The summed E-state index contributed by atoms with van der Waals surface area (Å²) in [5, 5.41) is 11.7. The van der Waals surface area contributed by atoms with Gasteiger partial charge in [0.05, 0.1) is 11.7 Å². The molecule has 1 aliphatic heterocycles. The summed E-state index contributed by atoms with van der Waals surface area (Å²) in [7, 11) is 1.84. The fourth-order valence-corrected chi connectivity index (χ4v) is 4.77. The Kier molecular flexibility index (Phi) is 7.65. The van der Waals surface area contributed by atoms with Gasteiger partial charge in [-0.25, -0.2) is 0 Å². The first-order valence-electron chi connectivity index (χ1n) is 10.8. The highest BCUT2D eigenvalue weighted by molar-refractivity contribution is 14.0. The number of aromatic nitrogens is 2. The van der Waals surface area contributed by atoms with Crippen molar-refractivity contribution in [1.82, 2.24) is 20.4 Å². The van der Waals surface area contributed by atoms with Crippen molar-refractivity contribution in [3.8, 4) is 5.75 Å². The minimum absolute atomic E-state index is 0. The predicted molar refractivity (Wildman–Crippen MR) is 132 cm³/mol. The summed E-state index contributed by atoms with van der Waals surface area (Å²) in [6, 6.07) is 10.8. The maximum absolute atomic E-state index is 6.48. The average molecular weight is 523 g/mol. The molecular weight excluding hydrogens is 489 g/mol. The Morgan fingerprint density at radius 3 is 2.73 bits per heavy atom. The molecule has 0 radical (unpaired) electrons. The van der Waals surface area contributed by atoms with Crippen molar-refractivity contribution >= 4 is 29.9 Å². The van der Waals surface area contributed by atoms with E-state index in [1.54, 1.807) is 0 Å². The van der Waals surface area contributed by atoms with Gasteiger partial charge in [-0.3, -0.25) is 9.67 Å². The van der Waals surface area contributed by atoms with Crippen molar-refractivity contribution in [2.75, 3.05) is 13.6 Å². The normalized spacial score (nSPS) is 19.7. The summed E-state index contributed by atoms with van der Waals surface area (Å²) in [6.07, 6.45) is 6.80. The average Bonchev–Trinajstić information content (AvgIpc) is 3.29. The zero-order valence-corrected chi connectivity index (χ0v) is 20.6. The lowest BCUT2D eigenvalue weighted by Gasteiger charge is -2.40. The maximum atomic E-state index is 6.48. The van der Waals surface area contributed by atoms with Gasteiger partial charge < -0.3 is 15.4 Å². The predicted octanol–water partition coefficient (Wildman–Crippen LogP) is 4.51. The number of para-hydroxylation sites is 1. The van der Waals surface area contributed by atoms with Crippen LogP contribution in [0.3, 0.4) is 0 Å². The van der Waals surface area contributed by atoms with Gasteiger partial charge in [-0.2, -0.15) is 5.10 Å². The van der Waals surface area contributed by atoms with E-state index >= 15 is 0 Å². The number of halogens is 1. The first-order chi connectivity index (χ1) is 14.1. The minimum atomic E-state index is -0.0135. The Hall–Kier alpha value is -1.77. The lowest BCUT2D eigenvalue weighted by Crippen LogP contribution is -2.46. The van der Waals surface area contributed by atoms with Crippen molar-refractivity contribution in [1.29, 1.82) is 0 Å². The summed E-state index contributed by atoms with van der Waals surface area (Å²) >= 11 is 0. The van der Waals surface area contributed by atoms with Gasteiger partial charge in [0.2, 0.25) is 0 Å². The second-order valence-corrected chi connectivity index (χ2v) is 8.43. The highest BCUT2D eigenvalue weighted by Gasteiger charge is 2.43. The number of nitrogens with one attached hydrogen (secondary N) is 2. The summed E-state index contributed by atoms with van der Waals surface area (Å²) in [4.78, 5) is 4.47. The number of ether oxygens (including phenoxy) is 1. The number of hydrogen-bond acceptors (Lipinski definition) is 3. The Morgan fingerprint density at radius 1 is 1.27 bits per heavy atom. The third-order valence-electron chi connectivity index (χ3n) is 6.19. The SMILES string of the molecule is CN=C(NCCCn1nc(C)cc1C)NC1CC2(CCCC2)Oc2ccccc21.I. The molecule has 1 atom stereocenters. The van der Waals surface area contributed by atoms with Crippen molar-refractivity contribution in [2.45, 2.75) is 70.6 Å². The molecule has 0 saturated heterocycles. The number of nitrogens with zero attached hydrogens (tertiary/aromatic N) is 3. The second-order valence-electron chi connectivity index (χ2n) is 8.43. The molecule has 1 unspecified atom stereocenters. The van der Waals surface area contributed by atoms with Gasteiger partial charge >= 0.3 is 0 Å². The van der Waals surface area contributed by atoms with Crippen LogP contribution < -0.4 is 15.4 Å². The van der Waals surface area contributed by atoms with Gasteiger partial charge in [0.15, 0.2) is 5.96 Å². The number of benzene rings is 1. The van der Waals surface area contributed by atoms with E-state index in [0.29, 0.717) is 0 Å². The molecule has 1 aromatic carbocycles. The molecule has 164 valence electrons. The molecule has 4 rings (SSSR count). The molecule has 2 N–H and O–H groups in total. The maximum Gasteiger partial charge on any atom is 0.191 e. The molecule has 1 aliphatic carbocycles. The van der Waals surface area contributed by atoms with Crippen LogP contribution in [0.2, 0.25) is 0 Å². The summed E-state index contributed by atoms with van der Waals surface area (Å²) in [6.45, 7) is 5.91. The van der Waals surface area contributed by atoms with Crippen LogP contribution in [0, 0.1) is 13.8 Å². The van der Waals surface area contributed by atoms with Gasteiger partial charge in [-0.05, 0) is 58.1 Å². The Morgan fingerprint density at radius 2 is 2.03 bits per heavy atom. The zero-order chi connectivity index (χ0) is 20.3. The van der Waals surface area contributed by atoms with Crippen LogP contribution in [0.5, 0.6) is 5.75 Å². The minimum Gasteiger partial charge on any atom is -0.487 e. The largest absolute Gasteiger partial charge is 0.487 e. The summed E-state index contributed by atoms with van der Waals surface area (Å²) in [5.41, 5.74) is 3.51. The van der Waals surface area contributed by atoms with Crippen LogP contribution in [0.4, 0.5) is 0 Å². The Labute approximate surface area is 196 Å². The number of aryl methyl sites for hydroxylation is 3. The molecule has 7 heteroatoms. The second kappa shape index (κ2) is 10.0.